The van der Waals surface area contributed by atoms with Crippen LogP contribution in [0.15, 0.2) is 30.3 Å². The third-order valence-corrected chi connectivity index (χ3v) is 7.22. The smallest absolute Gasteiger partial charge is 0.166 e. The number of hydrogen-bond donors (Lipinski definition) is 0. The Morgan fingerprint density at radius 3 is 2.59 bits per heavy atom. The van der Waals surface area contributed by atoms with Crippen LogP contribution in [0, 0.1) is 12.8 Å². The molecule has 4 heteroatoms. The molecule has 2 atom stereocenters. The van der Waals surface area contributed by atoms with Gasteiger partial charge in [0.15, 0.2) is 5.78 Å². The molecule has 2 unspecified atom stereocenters. The van der Waals surface area contributed by atoms with Gasteiger partial charge in [-0.15, -0.1) is 0 Å². The van der Waals surface area contributed by atoms with E-state index >= 15 is 0 Å². The molecule has 2 aromatic rings. The molecule has 2 aliphatic rings. The van der Waals surface area contributed by atoms with E-state index in [1.807, 2.05) is 37.3 Å². The van der Waals surface area contributed by atoms with E-state index in [9.17, 15) is 9.00 Å². The van der Waals surface area contributed by atoms with Crippen LogP contribution < -0.4 is 0 Å². The van der Waals surface area contributed by atoms with Gasteiger partial charge in [0, 0.05) is 43.9 Å². The molecule has 0 radical (unpaired) electrons. The van der Waals surface area contributed by atoms with Crippen LogP contribution in [0.4, 0.5) is 0 Å². The number of carbonyl (C=O) groups excluding carboxylic acids is 1. The van der Waals surface area contributed by atoms with Gasteiger partial charge in [0.2, 0.25) is 0 Å². The summed E-state index contributed by atoms with van der Waals surface area (Å²) in [7, 11) is -0.699. The number of nitrogens with zero attached hydrogens (tertiary/aromatic N) is 1. The molecule has 0 spiro atoms. The van der Waals surface area contributed by atoms with Crippen molar-refractivity contribution < 1.29 is 9.00 Å². The number of aryl methyl sites for hydroxylation is 1. The molecule has 4 rings (SSSR count). The monoisotopic (exact) mass is 313 g/mol. The lowest BCUT2D eigenvalue weighted by atomic mass is 9.90. The highest BCUT2D eigenvalue weighted by Gasteiger charge is 2.42. The number of pyridine rings is 1. The van der Waals surface area contributed by atoms with Crippen molar-refractivity contribution in [1.29, 1.82) is 0 Å². The Morgan fingerprint density at radius 1 is 1.14 bits per heavy atom. The summed E-state index contributed by atoms with van der Waals surface area (Å²) >= 11 is 0. The summed E-state index contributed by atoms with van der Waals surface area (Å²) in [5.41, 5.74) is 2.69. The summed E-state index contributed by atoms with van der Waals surface area (Å²) in [6.07, 6.45) is 3.65. The average Bonchev–Trinajstić information content (AvgIpc) is 2.75. The first-order valence-electron chi connectivity index (χ1n) is 7.93. The highest BCUT2D eigenvalue weighted by molar-refractivity contribution is 7.86. The summed E-state index contributed by atoms with van der Waals surface area (Å²) in [5.74, 6) is 0.266. The number of fused-ring (bicyclic) bond motifs is 3. The second-order valence-corrected chi connectivity index (χ2v) is 8.53. The average molecular weight is 313 g/mol. The fourth-order valence-electron chi connectivity index (χ4n) is 3.86. The van der Waals surface area contributed by atoms with Gasteiger partial charge < -0.3 is 0 Å². The zero-order valence-electron chi connectivity index (χ0n) is 12.6. The Labute approximate surface area is 132 Å². The topological polar surface area (TPSA) is 47.0 Å². The molecule has 2 bridgehead atoms. The number of rotatable bonds is 2. The molecular formula is C18H19NO2S. The fourth-order valence-corrected chi connectivity index (χ4v) is 5.99. The predicted octanol–water partition coefficient (Wildman–Crippen LogP) is 3.42. The first kappa shape index (κ1) is 14.1. The molecule has 0 amide bonds. The van der Waals surface area contributed by atoms with Gasteiger partial charge in [0.1, 0.15) is 0 Å². The molecule has 2 aliphatic heterocycles. The summed E-state index contributed by atoms with van der Waals surface area (Å²) in [6.45, 7) is 1.97. The van der Waals surface area contributed by atoms with Crippen LogP contribution in [0.2, 0.25) is 0 Å². The zero-order valence-corrected chi connectivity index (χ0v) is 13.4. The number of ketones is 1. The molecule has 3 nitrogen and oxygen atoms in total. The lowest BCUT2D eigenvalue weighted by Crippen LogP contribution is -2.32. The number of Topliss-reactive ketones (excluding diaryl/α,β-unsaturated/α-hetero) is 1. The maximum absolute atomic E-state index is 12.8. The van der Waals surface area contributed by atoms with E-state index in [-0.39, 0.29) is 22.2 Å². The first-order valence-corrected chi connectivity index (χ1v) is 9.20. The van der Waals surface area contributed by atoms with Gasteiger partial charge in [-0.05, 0) is 56.9 Å². The van der Waals surface area contributed by atoms with E-state index in [1.54, 1.807) is 0 Å². The van der Waals surface area contributed by atoms with Crippen molar-refractivity contribution in [2.24, 2.45) is 5.92 Å². The van der Waals surface area contributed by atoms with E-state index < -0.39 is 10.8 Å². The van der Waals surface area contributed by atoms with Crippen molar-refractivity contribution in [2.75, 3.05) is 0 Å². The minimum atomic E-state index is -0.699. The molecule has 3 heterocycles. The van der Waals surface area contributed by atoms with Crippen LogP contribution in [0.25, 0.3) is 10.9 Å². The van der Waals surface area contributed by atoms with Gasteiger partial charge in [-0.2, -0.15) is 0 Å². The van der Waals surface area contributed by atoms with Gasteiger partial charge in [-0.3, -0.25) is 14.0 Å². The van der Waals surface area contributed by atoms with Crippen LogP contribution in [-0.4, -0.2) is 25.5 Å². The Kier molecular flexibility index (Phi) is 3.37. The van der Waals surface area contributed by atoms with E-state index in [0.717, 1.165) is 47.8 Å². The van der Waals surface area contributed by atoms with E-state index in [1.165, 1.54) is 0 Å². The minimum absolute atomic E-state index is 0.0473. The maximum atomic E-state index is 12.8. The molecule has 22 heavy (non-hydrogen) atoms. The second-order valence-electron chi connectivity index (χ2n) is 6.54. The summed E-state index contributed by atoms with van der Waals surface area (Å²) in [5, 5.41) is 1.51. The van der Waals surface area contributed by atoms with E-state index in [0.29, 0.717) is 0 Å². The quantitative estimate of drug-likeness (QED) is 0.798. The molecule has 114 valence electrons. The van der Waals surface area contributed by atoms with Crippen LogP contribution in [0.3, 0.4) is 0 Å². The van der Waals surface area contributed by atoms with Gasteiger partial charge in [-0.1, -0.05) is 6.07 Å². The Bertz CT molecular complexity index is 770. The Morgan fingerprint density at radius 2 is 1.86 bits per heavy atom. The van der Waals surface area contributed by atoms with E-state index in [2.05, 4.69) is 4.98 Å². The van der Waals surface area contributed by atoms with Crippen molar-refractivity contribution in [2.45, 2.75) is 43.1 Å². The number of carbonyl (C=O) groups is 1. The lowest BCUT2D eigenvalue weighted by Gasteiger charge is -2.26. The van der Waals surface area contributed by atoms with Gasteiger partial charge in [0.25, 0.3) is 0 Å². The maximum Gasteiger partial charge on any atom is 0.166 e. The third kappa shape index (κ3) is 2.30. The summed E-state index contributed by atoms with van der Waals surface area (Å²) in [6, 6.07) is 9.78. The van der Waals surface area contributed by atoms with Crippen molar-refractivity contribution in [3.63, 3.8) is 0 Å². The van der Waals surface area contributed by atoms with Crippen LogP contribution in [-0.2, 0) is 10.8 Å². The van der Waals surface area contributed by atoms with Gasteiger partial charge in [0.05, 0.1) is 5.52 Å². The Hall–Kier alpha value is -1.55. The molecule has 1 aromatic carbocycles. The normalized spacial score (nSPS) is 30.6. The minimum Gasteiger partial charge on any atom is -0.294 e. The second kappa shape index (κ2) is 5.27. The van der Waals surface area contributed by atoms with Gasteiger partial charge in [-0.25, -0.2) is 0 Å². The molecule has 2 saturated heterocycles. The van der Waals surface area contributed by atoms with Crippen LogP contribution in [0.5, 0.6) is 0 Å². The summed E-state index contributed by atoms with van der Waals surface area (Å²) in [4.78, 5) is 17.3. The molecule has 1 aromatic heterocycles. The lowest BCUT2D eigenvalue weighted by molar-refractivity contribution is 0.0906. The molecule has 0 saturated carbocycles. The van der Waals surface area contributed by atoms with Crippen molar-refractivity contribution in [3.05, 3.63) is 41.6 Å². The number of aromatic nitrogens is 1. The fraction of sp³-hybridized carbons (Fsp3) is 0.444. The SMILES string of the molecule is Cc1ccc2cc(C(=O)C3CC4CCC(C3)S4=O)ccc2n1. The Balaban J connectivity index is 1.63. The number of benzene rings is 1. The molecular weight excluding hydrogens is 294 g/mol. The standard InChI is InChI=1S/C18H19NO2S/c1-11-2-3-12-8-13(4-7-17(12)19-11)18(20)14-9-15-5-6-16(10-14)22(15)21/h2-4,7-8,14-16H,5-6,9-10H2,1H3. The first-order chi connectivity index (χ1) is 10.6. The van der Waals surface area contributed by atoms with Crippen molar-refractivity contribution in [1.82, 2.24) is 4.98 Å². The van der Waals surface area contributed by atoms with Gasteiger partial charge >= 0.3 is 0 Å². The van der Waals surface area contributed by atoms with Crippen LogP contribution in [0.1, 0.15) is 41.7 Å². The number of hydrogen-bond acceptors (Lipinski definition) is 3. The highest BCUT2D eigenvalue weighted by atomic mass is 32.2. The van der Waals surface area contributed by atoms with Crippen molar-refractivity contribution >= 4 is 27.5 Å². The van der Waals surface area contributed by atoms with E-state index in [4.69, 9.17) is 0 Å². The summed E-state index contributed by atoms with van der Waals surface area (Å²) < 4.78 is 12.1. The molecule has 2 fully saturated rings. The van der Waals surface area contributed by atoms with Crippen LogP contribution >= 0.6 is 0 Å². The predicted molar refractivity (Wildman–Crippen MR) is 88.5 cm³/mol. The van der Waals surface area contributed by atoms with Crippen molar-refractivity contribution in [3.8, 4) is 0 Å². The molecule has 0 N–H and O–H groups in total. The molecule has 0 aliphatic carbocycles. The largest absolute Gasteiger partial charge is 0.294 e. The highest BCUT2D eigenvalue weighted by Crippen LogP contribution is 2.40. The zero-order chi connectivity index (χ0) is 15.3. The third-order valence-electron chi connectivity index (χ3n) is 5.05.